The van der Waals surface area contributed by atoms with Crippen LogP contribution in [0.1, 0.15) is 0 Å². The Morgan fingerprint density at radius 1 is 1.25 bits per heavy atom. The van der Waals surface area contributed by atoms with Crippen LogP contribution in [0.4, 0.5) is 0 Å². The molecule has 0 aliphatic carbocycles. The number of pyridine rings is 1. The molecule has 0 unspecified atom stereocenters. The molecule has 3 nitrogen and oxygen atoms in total. The predicted molar refractivity (Wildman–Crippen MR) is 47.2 cm³/mol. The number of hydrogen-bond acceptors (Lipinski definition) is 5. The third kappa shape index (κ3) is 2.16. The second-order valence-corrected chi connectivity index (χ2v) is 3.29. The largest absolute Gasteiger partial charge is 0.248 e. The molecule has 0 saturated heterocycles. The number of hydrogen-bond donors (Lipinski definition) is 0. The average molecular weight is 193 g/mol. The summed E-state index contributed by atoms with van der Waals surface area (Å²) in [5.74, 6) is 0. The molecule has 12 heavy (non-hydrogen) atoms. The third-order valence-electron chi connectivity index (χ3n) is 1.03. The van der Waals surface area contributed by atoms with Crippen molar-refractivity contribution in [1.29, 1.82) is 10.5 Å². The van der Waals surface area contributed by atoms with E-state index in [2.05, 4.69) is 4.98 Å². The van der Waals surface area contributed by atoms with E-state index in [1.165, 1.54) is 0 Å². The van der Waals surface area contributed by atoms with Crippen LogP contribution in [0.5, 0.6) is 0 Å². The zero-order chi connectivity index (χ0) is 8.81. The molecule has 0 radical (unpaired) electrons. The van der Waals surface area contributed by atoms with Crippen molar-refractivity contribution in [3.05, 3.63) is 18.3 Å². The van der Waals surface area contributed by atoms with Crippen LogP contribution in [0.25, 0.3) is 0 Å². The number of thioether (sulfide) groups is 2. The van der Waals surface area contributed by atoms with Crippen LogP contribution in [0, 0.1) is 21.3 Å². The van der Waals surface area contributed by atoms with Crippen molar-refractivity contribution >= 4 is 23.5 Å². The van der Waals surface area contributed by atoms with Crippen LogP contribution in [0.3, 0.4) is 0 Å². The Kier molecular flexibility index (Phi) is 3.46. The molecule has 0 amide bonds. The lowest BCUT2D eigenvalue weighted by Gasteiger charge is -1.96. The molecular weight excluding hydrogens is 190 g/mol. The predicted octanol–water partition coefficient (Wildman–Crippen LogP) is 2.23. The van der Waals surface area contributed by atoms with Gasteiger partial charge in [0, 0.05) is 18.0 Å². The smallest absolute Gasteiger partial charge is 0.140 e. The molecule has 1 aromatic heterocycles. The molecule has 0 bridgehead atoms. The van der Waals surface area contributed by atoms with Crippen molar-refractivity contribution in [2.45, 2.75) is 9.92 Å². The maximum absolute atomic E-state index is 8.41. The molecule has 1 rings (SSSR count). The standard InChI is InChI=1S/C7H3N3S2/c8-4-11-6-2-1-3-10-7(6)12-5-9/h1-3H. The Balaban J connectivity index is 2.95. The van der Waals surface area contributed by atoms with Gasteiger partial charge in [-0.25, -0.2) is 4.98 Å². The third-order valence-corrected chi connectivity index (χ3v) is 2.41. The zero-order valence-corrected chi connectivity index (χ0v) is 7.52. The van der Waals surface area contributed by atoms with Gasteiger partial charge in [-0.05, 0) is 23.9 Å². The summed E-state index contributed by atoms with van der Waals surface area (Å²) in [6.45, 7) is 0. The van der Waals surface area contributed by atoms with Crippen molar-refractivity contribution in [2.24, 2.45) is 0 Å². The van der Waals surface area contributed by atoms with Crippen molar-refractivity contribution in [1.82, 2.24) is 4.98 Å². The molecular formula is C7H3N3S2. The van der Waals surface area contributed by atoms with Crippen LogP contribution in [-0.2, 0) is 0 Å². The van der Waals surface area contributed by atoms with Gasteiger partial charge >= 0.3 is 0 Å². The number of aromatic nitrogens is 1. The molecule has 0 spiro atoms. The second kappa shape index (κ2) is 4.66. The summed E-state index contributed by atoms with van der Waals surface area (Å²) < 4.78 is 0. The van der Waals surface area contributed by atoms with Gasteiger partial charge in [0.05, 0.1) is 4.90 Å². The Bertz CT molecular complexity index is 315. The number of nitrogens with zero attached hydrogens (tertiary/aromatic N) is 3. The van der Waals surface area contributed by atoms with Crippen LogP contribution >= 0.6 is 23.5 Å². The molecule has 0 atom stereocenters. The van der Waals surface area contributed by atoms with Crippen molar-refractivity contribution in [3.8, 4) is 10.8 Å². The summed E-state index contributed by atoms with van der Waals surface area (Å²) in [6.07, 6.45) is 1.60. The normalized spacial score (nSPS) is 8.50. The fraction of sp³-hybridized carbons (Fsp3) is 0. The first kappa shape index (κ1) is 8.92. The highest BCUT2D eigenvalue weighted by atomic mass is 32.2. The Morgan fingerprint density at radius 3 is 2.67 bits per heavy atom. The maximum atomic E-state index is 8.41. The molecule has 5 heteroatoms. The maximum Gasteiger partial charge on any atom is 0.140 e. The number of rotatable bonds is 2. The minimum atomic E-state index is 0.589. The van der Waals surface area contributed by atoms with Gasteiger partial charge in [-0.1, -0.05) is 0 Å². The lowest BCUT2D eigenvalue weighted by molar-refractivity contribution is 1.04. The fourth-order valence-corrected chi connectivity index (χ4v) is 1.63. The minimum absolute atomic E-state index is 0.589. The van der Waals surface area contributed by atoms with Crippen LogP contribution in [0.15, 0.2) is 28.3 Å². The highest BCUT2D eigenvalue weighted by Crippen LogP contribution is 2.26. The van der Waals surface area contributed by atoms with E-state index >= 15 is 0 Å². The number of thiocyanates is 2. The zero-order valence-electron chi connectivity index (χ0n) is 5.89. The van der Waals surface area contributed by atoms with Crippen LogP contribution < -0.4 is 0 Å². The fourth-order valence-electron chi connectivity index (χ4n) is 0.623. The molecule has 58 valence electrons. The summed E-state index contributed by atoms with van der Waals surface area (Å²) in [5, 5.41) is 21.2. The topological polar surface area (TPSA) is 60.5 Å². The Morgan fingerprint density at radius 2 is 2.00 bits per heavy atom. The summed E-state index contributed by atoms with van der Waals surface area (Å²) >= 11 is 1.98. The van der Waals surface area contributed by atoms with Gasteiger partial charge in [-0.3, -0.25) is 0 Å². The van der Waals surface area contributed by atoms with Gasteiger partial charge in [0.25, 0.3) is 0 Å². The van der Waals surface area contributed by atoms with Gasteiger partial charge in [0.15, 0.2) is 0 Å². The van der Waals surface area contributed by atoms with Gasteiger partial charge in [0.2, 0.25) is 0 Å². The van der Waals surface area contributed by atoms with E-state index in [9.17, 15) is 0 Å². The summed E-state index contributed by atoms with van der Waals surface area (Å²) in [6, 6.07) is 3.50. The van der Waals surface area contributed by atoms with E-state index in [1.54, 1.807) is 18.3 Å². The molecule has 0 N–H and O–H groups in total. The van der Waals surface area contributed by atoms with E-state index in [1.807, 2.05) is 10.8 Å². The van der Waals surface area contributed by atoms with Crippen LogP contribution in [0.2, 0.25) is 0 Å². The molecule has 0 fully saturated rings. The summed E-state index contributed by atoms with van der Waals surface area (Å²) in [4.78, 5) is 4.68. The minimum Gasteiger partial charge on any atom is -0.248 e. The van der Waals surface area contributed by atoms with Crippen molar-refractivity contribution in [3.63, 3.8) is 0 Å². The van der Waals surface area contributed by atoms with Gasteiger partial charge in [-0.15, -0.1) is 0 Å². The molecule has 0 aliphatic rings. The Labute approximate surface area is 78.4 Å². The average Bonchev–Trinajstić information content (AvgIpc) is 2.09. The van der Waals surface area contributed by atoms with E-state index in [4.69, 9.17) is 10.5 Å². The molecule has 1 aromatic rings. The summed E-state index contributed by atoms with van der Waals surface area (Å²) in [5.41, 5.74) is 0. The highest BCUT2D eigenvalue weighted by molar-refractivity contribution is 8.06. The molecule has 0 aliphatic heterocycles. The first-order valence-electron chi connectivity index (χ1n) is 2.95. The Hall–Kier alpha value is -1.17. The van der Waals surface area contributed by atoms with Gasteiger partial charge < -0.3 is 0 Å². The lowest BCUT2D eigenvalue weighted by atomic mass is 10.5. The molecule has 1 heterocycles. The van der Waals surface area contributed by atoms with Gasteiger partial charge in [0.1, 0.15) is 15.8 Å². The highest BCUT2D eigenvalue weighted by Gasteiger charge is 2.02. The second-order valence-electron chi connectivity index (χ2n) is 1.69. The SMILES string of the molecule is N#CSc1cccnc1SC#N. The van der Waals surface area contributed by atoms with Crippen molar-refractivity contribution < 1.29 is 0 Å². The van der Waals surface area contributed by atoms with E-state index < -0.39 is 0 Å². The van der Waals surface area contributed by atoms with E-state index in [0.717, 1.165) is 28.4 Å². The van der Waals surface area contributed by atoms with Gasteiger partial charge in [-0.2, -0.15) is 10.5 Å². The monoisotopic (exact) mass is 193 g/mol. The molecule has 0 saturated carbocycles. The first-order valence-corrected chi connectivity index (χ1v) is 4.58. The number of nitriles is 2. The molecule has 0 aromatic carbocycles. The van der Waals surface area contributed by atoms with E-state index in [0.29, 0.717) is 5.03 Å². The first-order chi connectivity index (χ1) is 5.88. The quantitative estimate of drug-likeness (QED) is 0.532. The van der Waals surface area contributed by atoms with Crippen molar-refractivity contribution in [2.75, 3.05) is 0 Å². The summed E-state index contributed by atoms with van der Waals surface area (Å²) in [7, 11) is 0. The lowest BCUT2D eigenvalue weighted by Crippen LogP contribution is -1.79. The van der Waals surface area contributed by atoms with Crippen LogP contribution in [-0.4, -0.2) is 4.98 Å². The van der Waals surface area contributed by atoms with E-state index in [-0.39, 0.29) is 0 Å².